The Hall–Kier alpha value is -2.22. The van der Waals surface area contributed by atoms with Crippen molar-refractivity contribution in [2.45, 2.75) is 26.4 Å². The highest BCUT2D eigenvalue weighted by atomic mass is 32.2. The van der Waals surface area contributed by atoms with E-state index in [2.05, 4.69) is 10.2 Å². The van der Waals surface area contributed by atoms with E-state index in [1.54, 1.807) is 11.2 Å². The third-order valence-electron chi connectivity index (χ3n) is 5.36. The summed E-state index contributed by atoms with van der Waals surface area (Å²) in [5.41, 5.74) is 2.82. The maximum atomic E-state index is 12.5. The maximum absolute atomic E-state index is 12.5. The van der Waals surface area contributed by atoms with Crippen molar-refractivity contribution >= 4 is 15.9 Å². The van der Waals surface area contributed by atoms with Gasteiger partial charge in [-0.1, -0.05) is 42.5 Å². The Balaban J connectivity index is 1.52. The van der Waals surface area contributed by atoms with Crippen LogP contribution in [0.5, 0.6) is 0 Å². The van der Waals surface area contributed by atoms with Crippen molar-refractivity contribution in [3.63, 3.8) is 0 Å². The Morgan fingerprint density at radius 1 is 1.00 bits per heavy atom. The average molecular weight is 416 g/mol. The van der Waals surface area contributed by atoms with E-state index in [1.807, 2.05) is 61.5 Å². The fraction of sp³-hybridized carbons (Fsp3) is 0.409. The molecule has 0 saturated carbocycles. The molecule has 1 amide bonds. The summed E-state index contributed by atoms with van der Waals surface area (Å²) in [7, 11) is -3.10. The molecule has 2 aromatic rings. The second-order valence-corrected chi connectivity index (χ2v) is 9.64. The number of benzene rings is 2. The number of rotatable bonds is 7. The molecule has 0 bridgehead atoms. The Morgan fingerprint density at radius 3 is 2.21 bits per heavy atom. The molecule has 2 aromatic carbocycles. The minimum Gasteiger partial charge on any atom is -0.346 e. The van der Waals surface area contributed by atoms with Crippen LogP contribution < -0.4 is 5.32 Å². The molecule has 6 nitrogen and oxygen atoms in total. The van der Waals surface area contributed by atoms with E-state index in [9.17, 15) is 13.2 Å². The van der Waals surface area contributed by atoms with Gasteiger partial charge >= 0.3 is 0 Å². The fourth-order valence-corrected chi connectivity index (χ4v) is 4.56. The summed E-state index contributed by atoms with van der Waals surface area (Å²) in [5, 5.41) is 3.03. The molecule has 3 rings (SSSR count). The molecule has 0 spiro atoms. The minimum atomic E-state index is -3.10. The third-order valence-corrected chi connectivity index (χ3v) is 7.24. The predicted octanol–water partition coefficient (Wildman–Crippen LogP) is 2.64. The number of sulfonamides is 1. The molecule has 1 saturated heterocycles. The zero-order chi connectivity index (χ0) is 20.9. The highest BCUT2D eigenvalue weighted by molar-refractivity contribution is 7.89. The van der Waals surface area contributed by atoms with Crippen LogP contribution in [0.4, 0.5) is 0 Å². The van der Waals surface area contributed by atoms with Crippen molar-refractivity contribution < 1.29 is 13.2 Å². The van der Waals surface area contributed by atoms with Crippen LogP contribution in [0.2, 0.25) is 0 Å². The number of nitrogens with one attached hydrogen (secondary N) is 1. The maximum Gasteiger partial charge on any atom is 0.251 e. The van der Waals surface area contributed by atoms with Crippen LogP contribution in [0.15, 0.2) is 54.6 Å². The third kappa shape index (κ3) is 5.65. The van der Waals surface area contributed by atoms with Crippen LogP contribution >= 0.6 is 0 Å². The molecule has 0 radical (unpaired) electrons. The van der Waals surface area contributed by atoms with Crippen molar-refractivity contribution in [3.8, 4) is 0 Å². The summed E-state index contributed by atoms with van der Waals surface area (Å²) >= 11 is 0. The van der Waals surface area contributed by atoms with Gasteiger partial charge in [-0.25, -0.2) is 8.42 Å². The Kier molecular flexibility index (Phi) is 7.05. The molecule has 0 aliphatic carbocycles. The van der Waals surface area contributed by atoms with E-state index in [1.165, 1.54) is 0 Å². The summed E-state index contributed by atoms with van der Waals surface area (Å²) in [4.78, 5) is 14.7. The lowest BCUT2D eigenvalue weighted by Crippen LogP contribution is -2.48. The van der Waals surface area contributed by atoms with Crippen molar-refractivity contribution in [3.05, 3.63) is 71.3 Å². The molecule has 1 heterocycles. The first kappa shape index (κ1) is 21.5. The van der Waals surface area contributed by atoms with Crippen LogP contribution in [0, 0.1) is 0 Å². The summed E-state index contributed by atoms with van der Waals surface area (Å²) in [6.45, 7) is 6.91. The van der Waals surface area contributed by atoms with Gasteiger partial charge in [0.15, 0.2) is 0 Å². The molecule has 0 aromatic heterocycles. The van der Waals surface area contributed by atoms with Gasteiger partial charge < -0.3 is 5.32 Å². The highest BCUT2D eigenvalue weighted by Gasteiger charge is 2.25. The van der Waals surface area contributed by atoms with E-state index in [4.69, 9.17) is 0 Å². The number of carbonyl (C=O) groups is 1. The van der Waals surface area contributed by atoms with E-state index in [0.29, 0.717) is 18.7 Å². The van der Waals surface area contributed by atoms with Crippen LogP contribution in [-0.2, 0) is 16.6 Å². The predicted molar refractivity (Wildman–Crippen MR) is 115 cm³/mol. The Labute approximate surface area is 173 Å². The molecule has 1 fully saturated rings. The van der Waals surface area contributed by atoms with Gasteiger partial charge in [0.2, 0.25) is 10.0 Å². The van der Waals surface area contributed by atoms with Gasteiger partial charge in [-0.2, -0.15) is 4.31 Å². The number of carbonyl (C=O) groups excluding carboxylic acids is 1. The van der Waals surface area contributed by atoms with Gasteiger partial charge in [0, 0.05) is 38.3 Å². The number of nitrogens with zero attached hydrogens (tertiary/aromatic N) is 2. The average Bonchev–Trinajstić information content (AvgIpc) is 2.75. The smallest absolute Gasteiger partial charge is 0.251 e. The van der Waals surface area contributed by atoms with Gasteiger partial charge in [0.05, 0.1) is 11.8 Å². The van der Waals surface area contributed by atoms with Crippen LogP contribution in [0.25, 0.3) is 0 Å². The highest BCUT2D eigenvalue weighted by Crippen LogP contribution is 2.15. The van der Waals surface area contributed by atoms with Crippen LogP contribution in [0.3, 0.4) is 0 Å². The molecule has 1 aliphatic heterocycles. The monoisotopic (exact) mass is 415 g/mol. The SMILES string of the molecule is CCS(=O)(=O)N1CCN(Cc2ccc(C(=O)NC(C)c3ccccc3)cc2)CC1. The van der Waals surface area contributed by atoms with Crippen LogP contribution in [0.1, 0.15) is 41.4 Å². The molecule has 1 atom stereocenters. The molecular weight excluding hydrogens is 386 g/mol. The van der Waals surface area contributed by atoms with Gasteiger partial charge in [0.25, 0.3) is 5.91 Å². The van der Waals surface area contributed by atoms with Crippen molar-refractivity contribution in [2.24, 2.45) is 0 Å². The normalized spacial score (nSPS) is 17.0. The number of hydrogen-bond donors (Lipinski definition) is 1. The van der Waals surface area contributed by atoms with Crippen molar-refractivity contribution in [1.29, 1.82) is 0 Å². The minimum absolute atomic E-state index is 0.0564. The number of amides is 1. The Morgan fingerprint density at radius 2 is 1.62 bits per heavy atom. The summed E-state index contributed by atoms with van der Waals surface area (Å²) in [6.07, 6.45) is 0. The van der Waals surface area contributed by atoms with Gasteiger partial charge in [-0.05, 0) is 37.1 Å². The van der Waals surface area contributed by atoms with E-state index >= 15 is 0 Å². The largest absolute Gasteiger partial charge is 0.346 e. The summed E-state index contributed by atoms with van der Waals surface area (Å²) < 4.78 is 25.5. The lowest BCUT2D eigenvalue weighted by atomic mass is 10.1. The molecule has 7 heteroatoms. The first-order valence-electron chi connectivity index (χ1n) is 10.0. The van der Waals surface area contributed by atoms with E-state index in [-0.39, 0.29) is 17.7 Å². The second kappa shape index (κ2) is 9.52. The molecule has 156 valence electrons. The number of piperazine rings is 1. The molecule has 1 aliphatic rings. The van der Waals surface area contributed by atoms with Crippen molar-refractivity contribution in [2.75, 3.05) is 31.9 Å². The number of hydrogen-bond acceptors (Lipinski definition) is 4. The first-order valence-corrected chi connectivity index (χ1v) is 11.6. The van der Waals surface area contributed by atoms with Gasteiger partial charge in [-0.15, -0.1) is 0 Å². The van der Waals surface area contributed by atoms with E-state index < -0.39 is 10.0 Å². The Bertz CT molecular complexity index is 906. The van der Waals surface area contributed by atoms with Crippen LogP contribution in [-0.4, -0.2) is 55.5 Å². The zero-order valence-electron chi connectivity index (χ0n) is 17.0. The topological polar surface area (TPSA) is 69.7 Å². The lowest BCUT2D eigenvalue weighted by Gasteiger charge is -2.33. The zero-order valence-corrected chi connectivity index (χ0v) is 17.9. The standard InChI is InChI=1S/C22H29N3O3S/c1-3-29(27,28)25-15-13-24(14-16-25)17-19-9-11-21(12-10-19)22(26)23-18(2)20-7-5-4-6-8-20/h4-12,18H,3,13-17H2,1-2H3,(H,23,26). The lowest BCUT2D eigenvalue weighted by molar-refractivity contribution is 0.0940. The molecular formula is C22H29N3O3S. The van der Waals surface area contributed by atoms with Gasteiger partial charge in [-0.3, -0.25) is 9.69 Å². The first-order chi connectivity index (χ1) is 13.9. The molecule has 29 heavy (non-hydrogen) atoms. The molecule has 1 unspecified atom stereocenters. The summed E-state index contributed by atoms with van der Waals surface area (Å²) in [6, 6.07) is 17.5. The molecule has 1 N–H and O–H groups in total. The van der Waals surface area contributed by atoms with E-state index in [0.717, 1.165) is 30.8 Å². The fourth-order valence-electron chi connectivity index (χ4n) is 3.47. The van der Waals surface area contributed by atoms with Crippen molar-refractivity contribution in [1.82, 2.24) is 14.5 Å². The second-order valence-electron chi connectivity index (χ2n) is 7.38. The quantitative estimate of drug-likeness (QED) is 0.755. The van der Waals surface area contributed by atoms with Gasteiger partial charge in [0.1, 0.15) is 0 Å². The summed E-state index contributed by atoms with van der Waals surface area (Å²) in [5.74, 6) is 0.0608.